The number of ether oxygens (including phenoxy) is 2. The van der Waals surface area contributed by atoms with Crippen LogP contribution in [-0.4, -0.2) is 40.2 Å². The van der Waals surface area contributed by atoms with Crippen molar-refractivity contribution < 1.29 is 14.3 Å². The van der Waals surface area contributed by atoms with Crippen molar-refractivity contribution in [2.24, 2.45) is 0 Å². The number of aromatic nitrogens is 2. The van der Waals surface area contributed by atoms with E-state index in [4.69, 9.17) is 9.47 Å². The van der Waals surface area contributed by atoms with Crippen LogP contribution in [0, 0.1) is 0 Å². The Balaban J connectivity index is 1.30. The van der Waals surface area contributed by atoms with Gasteiger partial charge in [0.05, 0.1) is 18.1 Å². The molecular weight excluding hydrogens is 380 g/mol. The smallest absolute Gasteiger partial charge is 0.318 e. The number of urea groups is 1. The maximum Gasteiger partial charge on any atom is 0.318 e. The van der Waals surface area contributed by atoms with Crippen LogP contribution < -0.4 is 14.8 Å². The lowest BCUT2D eigenvalue weighted by Crippen LogP contribution is -2.39. The Morgan fingerprint density at radius 3 is 2.87 bits per heavy atom. The summed E-state index contributed by atoms with van der Waals surface area (Å²) in [4.78, 5) is 19.1. The van der Waals surface area contributed by atoms with Gasteiger partial charge < -0.3 is 24.3 Å². The molecule has 1 fully saturated rings. The molecule has 5 rings (SSSR count). The molecule has 7 heteroatoms. The third kappa shape index (κ3) is 3.58. The van der Waals surface area contributed by atoms with Crippen molar-refractivity contribution in [3.05, 3.63) is 72.3 Å². The van der Waals surface area contributed by atoms with E-state index >= 15 is 0 Å². The van der Waals surface area contributed by atoms with Gasteiger partial charge in [0.15, 0.2) is 11.5 Å². The quantitative estimate of drug-likeness (QED) is 0.720. The van der Waals surface area contributed by atoms with E-state index in [-0.39, 0.29) is 12.1 Å². The van der Waals surface area contributed by atoms with Crippen LogP contribution in [0.3, 0.4) is 0 Å². The fourth-order valence-corrected chi connectivity index (χ4v) is 4.21. The normalized spacial score (nSPS) is 17.7. The van der Waals surface area contributed by atoms with Gasteiger partial charge in [0.2, 0.25) is 0 Å². The number of hydrogen-bond donors (Lipinski definition) is 1. The van der Waals surface area contributed by atoms with Crippen LogP contribution in [0.1, 0.15) is 30.0 Å². The summed E-state index contributed by atoms with van der Waals surface area (Å²) in [5, 5.41) is 3.10. The molecule has 2 aliphatic heterocycles. The summed E-state index contributed by atoms with van der Waals surface area (Å²) in [5.41, 5.74) is 3.14. The molecule has 2 aromatic carbocycles. The molecule has 2 aliphatic rings. The zero-order valence-corrected chi connectivity index (χ0v) is 16.7. The molecular formula is C23H24N4O3. The highest BCUT2D eigenvalue weighted by Crippen LogP contribution is 2.38. The van der Waals surface area contributed by atoms with Crippen molar-refractivity contribution in [3.63, 3.8) is 0 Å². The van der Waals surface area contributed by atoms with Crippen LogP contribution in [0.15, 0.2) is 61.2 Å². The standard InChI is InChI=1S/C23H24N4O3/c28-23(25-15-18-4-1-2-5-19(18)26-11-9-24-16-26)27-10-3-6-20(27)17-7-8-21-22(14-17)30-13-12-29-21/h1-2,4-5,7-9,11,14,16,20H,3,6,10,12-13,15H2,(H,25,28). The summed E-state index contributed by atoms with van der Waals surface area (Å²) in [6, 6.07) is 14.0. The minimum absolute atomic E-state index is 0.0460. The van der Waals surface area contributed by atoms with E-state index < -0.39 is 0 Å². The van der Waals surface area contributed by atoms with Gasteiger partial charge in [-0.3, -0.25) is 0 Å². The van der Waals surface area contributed by atoms with Crippen LogP contribution in [0.2, 0.25) is 0 Å². The Morgan fingerprint density at radius 1 is 1.13 bits per heavy atom. The molecule has 1 atom stereocenters. The van der Waals surface area contributed by atoms with Gasteiger partial charge >= 0.3 is 6.03 Å². The molecule has 1 saturated heterocycles. The maximum atomic E-state index is 13.0. The summed E-state index contributed by atoms with van der Waals surface area (Å²) >= 11 is 0. The summed E-state index contributed by atoms with van der Waals surface area (Å²) < 4.78 is 13.3. The van der Waals surface area contributed by atoms with E-state index in [1.54, 1.807) is 12.5 Å². The number of carbonyl (C=O) groups excluding carboxylic acids is 1. The van der Waals surface area contributed by atoms with Crippen LogP contribution in [0.25, 0.3) is 5.69 Å². The molecule has 30 heavy (non-hydrogen) atoms. The van der Waals surface area contributed by atoms with E-state index in [1.807, 2.05) is 58.1 Å². The molecule has 154 valence electrons. The molecule has 3 aromatic rings. The average Bonchev–Trinajstić information content (AvgIpc) is 3.50. The van der Waals surface area contributed by atoms with Crippen molar-refractivity contribution in [1.82, 2.24) is 19.8 Å². The summed E-state index contributed by atoms with van der Waals surface area (Å²) in [7, 11) is 0. The van der Waals surface area contributed by atoms with Gasteiger partial charge in [0.25, 0.3) is 0 Å². The van der Waals surface area contributed by atoms with Gasteiger partial charge in [-0.25, -0.2) is 9.78 Å². The van der Waals surface area contributed by atoms with E-state index in [0.717, 1.165) is 47.7 Å². The highest BCUT2D eigenvalue weighted by molar-refractivity contribution is 5.75. The van der Waals surface area contributed by atoms with Crippen molar-refractivity contribution in [2.45, 2.75) is 25.4 Å². The molecule has 0 spiro atoms. The molecule has 3 heterocycles. The first-order chi connectivity index (χ1) is 14.8. The largest absolute Gasteiger partial charge is 0.486 e. The van der Waals surface area contributed by atoms with Gasteiger partial charge in [-0.05, 0) is 42.2 Å². The SMILES string of the molecule is O=C(NCc1ccccc1-n1ccnc1)N1CCCC1c1ccc2c(c1)OCCO2. The first-order valence-corrected chi connectivity index (χ1v) is 10.3. The Bertz CT molecular complexity index is 1030. The first-order valence-electron chi connectivity index (χ1n) is 10.3. The number of fused-ring (bicyclic) bond motifs is 1. The second-order valence-electron chi connectivity index (χ2n) is 7.51. The maximum absolute atomic E-state index is 13.0. The third-order valence-electron chi connectivity index (χ3n) is 5.67. The highest BCUT2D eigenvalue weighted by atomic mass is 16.6. The monoisotopic (exact) mass is 404 g/mol. The van der Waals surface area contributed by atoms with Crippen molar-refractivity contribution in [2.75, 3.05) is 19.8 Å². The number of likely N-dealkylation sites (tertiary alicyclic amines) is 1. The Hall–Kier alpha value is -3.48. The van der Waals surface area contributed by atoms with Crippen molar-refractivity contribution >= 4 is 6.03 Å². The molecule has 0 saturated carbocycles. The minimum Gasteiger partial charge on any atom is -0.486 e. The highest BCUT2D eigenvalue weighted by Gasteiger charge is 2.31. The number of imidazole rings is 1. The van der Waals surface area contributed by atoms with Gasteiger partial charge in [-0.15, -0.1) is 0 Å². The molecule has 0 aliphatic carbocycles. The third-order valence-corrected chi connectivity index (χ3v) is 5.67. The predicted molar refractivity (Wildman–Crippen MR) is 112 cm³/mol. The number of hydrogen-bond acceptors (Lipinski definition) is 4. The molecule has 0 radical (unpaired) electrons. The van der Waals surface area contributed by atoms with Crippen molar-refractivity contribution in [1.29, 1.82) is 0 Å². The average molecular weight is 404 g/mol. The number of amides is 2. The lowest BCUT2D eigenvalue weighted by Gasteiger charge is -2.27. The summed E-state index contributed by atoms with van der Waals surface area (Å²) in [6.45, 7) is 2.33. The summed E-state index contributed by atoms with van der Waals surface area (Å²) in [6.07, 6.45) is 7.34. The van der Waals surface area contributed by atoms with E-state index in [2.05, 4.69) is 10.3 Å². The zero-order valence-electron chi connectivity index (χ0n) is 16.7. The van der Waals surface area contributed by atoms with E-state index in [9.17, 15) is 4.79 Å². The van der Waals surface area contributed by atoms with Crippen LogP contribution in [0.4, 0.5) is 4.79 Å². The second-order valence-corrected chi connectivity index (χ2v) is 7.51. The second kappa shape index (κ2) is 8.10. The Morgan fingerprint density at radius 2 is 2.00 bits per heavy atom. The minimum atomic E-state index is -0.0483. The van der Waals surface area contributed by atoms with Crippen LogP contribution in [0.5, 0.6) is 11.5 Å². The summed E-state index contributed by atoms with van der Waals surface area (Å²) in [5.74, 6) is 1.54. The fraction of sp³-hybridized carbons (Fsp3) is 0.304. The van der Waals surface area contributed by atoms with Crippen LogP contribution in [-0.2, 0) is 6.54 Å². The number of nitrogens with one attached hydrogen (secondary N) is 1. The molecule has 1 aromatic heterocycles. The van der Waals surface area contributed by atoms with E-state index in [0.29, 0.717) is 19.8 Å². The molecule has 7 nitrogen and oxygen atoms in total. The number of nitrogens with zero attached hydrogens (tertiary/aromatic N) is 3. The predicted octanol–water partition coefficient (Wildman–Crippen LogP) is 3.69. The Labute approximate surface area is 175 Å². The zero-order chi connectivity index (χ0) is 20.3. The molecule has 0 bridgehead atoms. The fourth-order valence-electron chi connectivity index (χ4n) is 4.21. The van der Waals surface area contributed by atoms with Crippen molar-refractivity contribution in [3.8, 4) is 17.2 Å². The van der Waals surface area contributed by atoms with Crippen LogP contribution >= 0.6 is 0 Å². The Kier molecular flexibility index (Phi) is 5.01. The number of carbonyl (C=O) groups is 1. The number of para-hydroxylation sites is 1. The van der Waals surface area contributed by atoms with Gasteiger partial charge in [-0.1, -0.05) is 24.3 Å². The van der Waals surface area contributed by atoms with E-state index in [1.165, 1.54) is 0 Å². The first kappa shape index (κ1) is 18.5. The number of rotatable bonds is 4. The molecule has 1 unspecified atom stereocenters. The lowest BCUT2D eigenvalue weighted by molar-refractivity contribution is 0.170. The topological polar surface area (TPSA) is 68.6 Å². The molecule has 1 N–H and O–H groups in total. The van der Waals surface area contributed by atoms with Gasteiger partial charge in [-0.2, -0.15) is 0 Å². The number of benzene rings is 2. The molecule has 2 amide bonds. The lowest BCUT2D eigenvalue weighted by atomic mass is 10.0. The van der Waals surface area contributed by atoms with Gasteiger partial charge in [0.1, 0.15) is 13.2 Å². The van der Waals surface area contributed by atoms with Gasteiger partial charge in [0, 0.05) is 25.5 Å².